The van der Waals surface area contributed by atoms with Gasteiger partial charge < -0.3 is 0 Å². The summed E-state index contributed by atoms with van der Waals surface area (Å²) in [6.07, 6.45) is 3.30. The summed E-state index contributed by atoms with van der Waals surface area (Å²) in [6.45, 7) is 0.264. The quantitative estimate of drug-likeness (QED) is 0.736. The van der Waals surface area contributed by atoms with E-state index in [4.69, 9.17) is 11.6 Å². The van der Waals surface area contributed by atoms with Crippen LogP contribution in [0.2, 0.25) is 0 Å². The molecule has 0 saturated heterocycles. The molecule has 2 aromatic rings. The normalized spacial score (nSPS) is 11.8. The summed E-state index contributed by atoms with van der Waals surface area (Å²) in [5.74, 6) is 0.338. The summed E-state index contributed by atoms with van der Waals surface area (Å²) in [5.41, 5.74) is 1.69. The third kappa shape index (κ3) is 3.83. The zero-order valence-electron chi connectivity index (χ0n) is 11.3. The van der Waals surface area contributed by atoms with Crippen LogP contribution in [0.25, 0.3) is 0 Å². The zero-order valence-corrected chi connectivity index (χ0v) is 14.5. The zero-order chi connectivity index (χ0) is 15.5. The van der Waals surface area contributed by atoms with E-state index in [9.17, 15) is 8.42 Å². The summed E-state index contributed by atoms with van der Waals surface area (Å²) in [5, 5.41) is 0. The van der Waals surface area contributed by atoms with E-state index in [2.05, 4.69) is 20.9 Å². The molecular formula is C14H14BrClN2O2S. The van der Waals surface area contributed by atoms with Gasteiger partial charge in [-0.1, -0.05) is 12.1 Å². The maximum Gasteiger partial charge on any atom is 0.244 e. The Labute approximate surface area is 137 Å². The van der Waals surface area contributed by atoms with Gasteiger partial charge in [0.2, 0.25) is 10.0 Å². The first-order valence-corrected chi connectivity index (χ1v) is 8.91. The molecule has 0 unspecified atom stereocenters. The number of hydrogen-bond donors (Lipinski definition) is 0. The van der Waals surface area contributed by atoms with E-state index in [1.165, 1.54) is 4.31 Å². The van der Waals surface area contributed by atoms with Crippen LogP contribution in [0.1, 0.15) is 11.1 Å². The lowest BCUT2D eigenvalue weighted by Gasteiger charge is -2.18. The molecule has 0 atom stereocenters. The molecule has 0 saturated carbocycles. The standard InChI is InChI=1S/C14H14BrClN2O2S/c1-18(10-12-3-2-6-17-9-12)21(19,20)14-5-4-11(8-16)7-13(14)15/h2-7,9H,8,10H2,1H3. The summed E-state index contributed by atoms with van der Waals surface area (Å²) >= 11 is 9.05. The lowest BCUT2D eigenvalue weighted by Crippen LogP contribution is -2.26. The van der Waals surface area contributed by atoms with Crippen LogP contribution in [0, 0.1) is 0 Å². The minimum absolute atomic E-state index is 0.225. The van der Waals surface area contributed by atoms with Crippen LogP contribution in [-0.2, 0) is 22.4 Å². The van der Waals surface area contributed by atoms with Crippen LogP contribution >= 0.6 is 27.5 Å². The Morgan fingerprint density at radius 3 is 2.62 bits per heavy atom. The van der Waals surface area contributed by atoms with Crippen molar-refractivity contribution in [2.45, 2.75) is 17.3 Å². The van der Waals surface area contributed by atoms with E-state index in [0.717, 1.165) is 11.1 Å². The fraction of sp³-hybridized carbons (Fsp3) is 0.214. The van der Waals surface area contributed by atoms with Gasteiger partial charge in [0.1, 0.15) is 0 Å². The van der Waals surface area contributed by atoms with Gasteiger partial charge in [-0.2, -0.15) is 4.31 Å². The van der Waals surface area contributed by atoms with Crippen molar-refractivity contribution >= 4 is 37.6 Å². The molecule has 0 amide bonds. The van der Waals surface area contributed by atoms with Crippen LogP contribution in [0.4, 0.5) is 0 Å². The highest BCUT2D eigenvalue weighted by Gasteiger charge is 2.23. The summed E-state index contributed by atoms with van der Waals surface area (Å²) in [6, 6.07) is 8.61. The van der Waals surface area contributed by atoms with E-state index in [1.54, 1.807) is 43.7 Å². The lowest BCUT2D eigenvalue weighted by molar-refractivity contribution is 0.466. The molecule has 4 nitrogen and oxygen atoms in total. The minimum atomic E-state index is -3.58. The Morgan fingerprint density at radius 2 is 2.05 bits per heavy atom. The summed E-state index contributed by atoms with van der Waals surface area (Å²) < 4.78 is 27.0. The predicted octanol–water partition coefficient (Wildman–Crippen LogP) is 3.40. The first-order chi connectivity index (χ1) is 9.95. The van der Waals surface area contributed by atoms with Gasteiger partial charge in [0.05, 0.1) is 4.90 Å². The van der Waals surface area contributed by atoms with Crippen LogP contribution in [-0.4, -0.2) is 24.8 Å². The van der Waals surface area contributed by atoms with Crippen molar-refractivity contribution in [3.05, 3.63) is 58.3 Å². The average molecular weight is 390 g/mol. The van der Waals surface area contributed by atoms with Crippen molar-refractivity contribution in [3.63, 3.8) is 0 Å². The Hall–Kier alpha value is -0.950. The fourth-order valence-corrected chi connectivity index (χ4v) is 4.24. The first kappa shape index (κ1) is 16.4. The molecule has 0 aliphatic heterocycles. The van der Waals surface area contributed by atoms with E-state index >= 15 is 0 Å². The highest BCUT2D eigenvalue weighted by molar-refractivity contribution is 9.10. The Morgan fingerprint density at radius 1 is 1.29 bits per heavy atom. The fourth-order valence-electron chi connectivity index (χ4n) is 1.84. The van der Waals surface area contributed by atoms with Gasteiger partial charge >= 0.3 is 0 Å². The molecular weight excluding hydrogens is 376 g/mol. The molecule has 0 radical (unpaired) electrons. The van der Waals surface area contributed by atoms with Gasteiger partial charge in [0.15, 0.2) is 0 Å². The molecule has 0 fully saturated rings. The molecule has 0 N–H and O–H groups in total. The van der Waals surface area contributed by atoms with Crippen LogP contribution in [0.3, 0.4) is 0 Å². The van der Waals surface area contributed by atoms with Crippen molar-refractivity contribution in [1.82, 2.24) is 9.29 Å². The largest absolute Gasteiger partial charge is 0.264 e. The van der Waals surface area contributed by atoms with Gasteiger partial charge in [-0.05, 0) is 45.3 Å². The van der Waals surface area contributed by atoms with Crippen LogP contribution in [0.5, 0.6) is 0 Å². The number of pyridine rings is 1. The summed E-state index contributed by atoms with van der Waals surface area (Å²) in [7, 11) is -2.03. The molecule has 1 heterocycles. The smallest absolute Gasteiger partial charge is 0.244 e. The van der Waals surface area contributed by atoms with Crippen LogP contribution in [0.15, 0.2) is 52.1 Å². The highest BCUT2D eigenvalue weighted by Crippen LogP contribution is 2.27. The molecule has 2 rings (SSSR count). The van der Waals surface area contributed by atoms with E-state index < -0.39 is 10.0 Å². The van der Waals surface area contributed by atoms with Gasteiger partial charge in [0.25, 0.3) is 0 Å². The SMILES string of the molecule is CN(Cc1cccnc1)S(=O)(=O)c1ccc(CCl)cc1Br. The van der Waals surface area contributed by atoms with Crippen molar-refractivity contribution in [2.24, 2.45) is 0 Å². The Balaban J connectivity index is 2.29. The van der Waals surface area contributed by atoms with Crippen molar-refractivity contribution < 1.29 is 8.42 Å². The number of hydrogen-bond acceptors (Lipinski definition) is 3. The monoisotopic (exact) mass is 388 g/mol. The van der Waals surface area contributed by atoms with Gasteiger partial charge in [-0.15, -0.1) is 11.6 Å². The maximum atomic E-state index is 12.6. The van der Waals surface area contributed by atoms with Gasteiger partial charge in [-0.25, -0.2) is 8.42 Å². The van der Waals surface area contributed by atoms with E-state index in [1.807, 2.05) is 6.07 Å². The number of nitrogens with zero attached hydrogens (tertiary/aromatic N) is 2. The van der Waals surface area contributed by atoms with Gasteiger partial charge in [0, 0.05) is 36.3 Å². The first-order valence-electron chi connectivity index (χ1n) is 6.15. The van der Waals surface area contributed by atoms with E-state index in [0.29, 0.717) is 10.4 Å². The molecule has 21 heavy (non-hydrogen) atoms. The second kappa shape index (κ2) is 6.87. The number of halogens is 2. The second-order valence-electron chi connectivity index (χ2n) is 4.52. The molecule has 0 bridgehead atoms. The van der Waals surface area contributed by atoms with Crippen molar-refractivity contribution in [3.8, 4) is 0 Å². The minimum Gasteiger partial charge on any atom is -0.264 e. The van der Waals surface area contributed by atoms with Crippen LogP contribution < -0.4 is 0 Å². The van der Waals surface area contributed by atoms with E-state index in [-0.39, 0.29) is 11.4 Å². The number of benzene rings is 1. The molecule has 0 aliphatic rings. The molecule has 0 spiro atoms. The molecule has 112 valence electrons. The lowest BCUT2D eigenvalue weighted by atomic mass is 10.2. The van der Waals surface area contributed by atoms with Crippen molar-refractivity contribution in [1.29, 1.82) is 0 Å². The number of aromatic nitrogens is 1. The number of alkyl halides is 1. The topological polar surface area (TPSA) is 50.3 Å². The number of rotatable bonds is 5. The van der Waals surface area contributed by atoms with Gasteiger partial charge in [-0.3, -0.25) is 4.98 Å². The second-order valence-corrected chi connectivity index (χ2v) is 7.66. The molecule has 0 aliphatic carbocycles. The Bertz CT molecular complexity index is 723. The molecule has 1 aromatic carbocycles. The highest BCUT2D eigenvalue weighted by atomic mass is 79.9. The molecule has 7 heteroatoms. The predicted molar refractivity (Wildman–Crippen MR) is 86.6 cm³/mol. The maximum absolute atomic E-state index is 12.6. The number of sulfonamides is 1. The third-order valence-corrected chi connectivity index (χ3v) is 6.06. The third-order valence-electron chi connectivity index (χ3n) is 2.97. The Kier molecular flexibility index (Phi) is 5.37. The van der Waals surface area contributed by atoms with Crippen molar-refractivity contribution in [2.75, 3.05) is 7.05 Å². The summed E-state index contributed by atoms with van der Waals surface area (Å²) in [4.78, 5) is 4.21. The molecule has 1 aromatic heterocycles. The average Bonchev–Trinajstić information content (AvgIpc) is 2.47.